The number of aromatic nitrogens is 2. The van der Waals surface area contributed by atoms with E-state index in [9.17, 15) is 4.79 Å². The Kier molecular flexibility index (Phi) is 6.01. The van der Waals surface area contributed by atoms with Gasteiger partial charge in [-0.25, -0.2) is 4.68 Å². The minimum absolute atomic E-state index is 0.0184. The maximum Gasteiger partial charge on any atom is 0.249 e. The molecule has 3 aromatic carbocycles. The van der Waals surface area contributed by atoms with Crippen LogP contribution in [-0.4, -0.2) is 42.1 Å². The van der Waals surface area contributed by atoms with Crippen LogP contribution in [0.3, 0.4) is 0 Å². The van der Waals surface area contributed by atoms with E-state index in [1.807, 2.05) is 65.3 Å². The first-order chi connectivity index (χ1) is 16.6. The van der Waals surface area contributed by atoms with Crippen molar-refractivity contribution in [3.8, 4) is 39.6 Å². The van der Waals surface area contributed by atoms with Gasteiger partial charge in [0.15, 0.2) is 11.5 Å². The fourth-order valence-electron chi connectivity index (χ4n) is 4.17. The highest BCUT2D eigenvalue weighted by atomic mass is 16.6. The summed E-state index contributed by atoms with van der Waals surface area (Å²) in [5, 5.41) is 4.54. The summed E-state index contributed by atoms with van der Waals surface area (Å²) < 4.78 is 19.0. The van der Waals surface area contributed by atoms with Gasteiger partial charge in [0, 0.05) is 17.5 Å². The Morgan fingerprint density at radius 3 is 2.56 bits per heavy atom. The number of methoxy groups -OCH3 is 1. The van der Waals surface area contributed by atoms with Gasteiger partial charge in [0.25, 0.3) is 0 Å². The molecule has 2 heterocycles. The molecular formula is C27H25N3O4. The van der Waals surface area contributed by atoms with Gasteiger partial charge in [-0.3, -0.25) is 4.79 Å². The number of amides is 1. The fourth-order valence-corrected chi connectivity index (χ4v) is 4.17. The van der Waals surface area contributed by atoms with Crippen molar-refractivity contribution in [2.45, 2.75) is 12.5 Å². The SMILES string of the molecule is COc1ccc(-c2ccnn2-c2ccc(-c3ccccc3C(N)=O)cc2)cc1OC1CCOC1. The average molecular weight is 456 g/mol. The molecule has 2 N–H and O–H groups in total. The van der Waals surface area contributed by atoms with Crippen LogP contribution in [0.2, 0.25) is 0 Å². The summed E-state index contributed by atoms with van der Waals surface area (Å²) >= 11 is 0. The van der Waals surface area contributed by atoms with Crippen LogP contribution in [0.15, 0.2) is 79.0 Å². The Balaban J connectivity index is 1.46. The number of benzene rings is 3. The minimum Gasteiger partial charge on any atom is -0.493 e. The molecule has 1 atom stereocenters. The number of primary amides is 1. The van der Waals surface area contributed by atoms with Crippen LogP contribution in [0.5, 0.6) is 11.5 Å². The molecule has 0 bridgehead atoms. The van der Waals surface area contributed by atoms with Crippen LogP contribution in [0, 0.1) is 0 Å². The first-order valence-corrected chi connectivity index (χ1v) is 11.1. The van der Waals surface area contributed by atoms with Crippen molar-refractivity contribution in [3.63, 3.8) is 0 Å². The third kappa shape index (κ3) is 4.25. The predicted molar refractivity (Wildman–Crippen MR) is 129 cm³/mol. The normalized spacial score (nSPS) is 15.3. The van der Waals surface area contributed by atoms with Gasteiger partial charge in [0.1, 0.15) is 6.10 Å². The van der Waals surface area contributed by atoms with Crippen molar-refractivity contribution in [1.82, 2.24) is 9.78 Å². The quantitative estimate of drug-likeness (QED) is 0.444. The average Bonchev–Trinajstić information content (AvgIpc) is 3.56. The Hall–Kier alpha value is -4.10. The summed E-state index contributed by atoms with van der Waals surface area (Å²) in [5.74, 6) is 0.913. The molecule has 1 aliphatic rings. The van der Waals surface area contributed by atoms with Gasteiger partial charge in [-0.15, -0.1) is 0 Å². The van der Waals surface area contributed by atoms with Crippen LogP contribution in [0.1, 0.15) is 16.8 Å². The van der Waals surface area contributed by atoms with E-state index in [2.05, 4.69) is 5.10 Å². The van der Waals surface area contributed by atoms with E-state index in [1.54, 1.807) is 25.4 Å². The van der Waals surface area contributed by atoms with Crippen molar-refractivity contribution in [3.05, 3.63) is 84.6 Å². The number of nitrogens with two attached hydrogens (primary N) is 1. The van der Waals surface area contributed by atoms with Gasteiger partial charge in [0.2, 0.25) is 5.91 Å². The van der Waals surface area contributed by atoms with E-state index < -0.39 is 5.91 Å². The highest BCUT2D eigenvalue weighted by Gasteiger charge is 2.20. The van der Waals surface area contributed by atoms with Gasteiger partial charge in [-0.05, 0) is 53.6 Å². The van der Waals surface area contributed by atoms with Crippen LogP contribution < -0.4 is 15.2 Å². The molecule has 0 spiro atoms. The Bertz CT molecular complexity index is 1310. The van der Waals surface area contributed by atoms with E-state index in [-0.39, 0.29) is 6.10 Å². The maximum atomic E-state index is 11.8. The number of hydrogen-bond donors (Lipinski definition) is 1. The molecule has 1 amide bonds. The molecule has 1 fully saturated rings. The van der Waals surface area contributed by atoms with E-state index in [0.29, 0.717) is 30.3 Å². The highest BCUT2D eigenvalue weighted by molar-refractivity contribution is 5.99. The summed E-state index contributed by atoms with van der Waals surface area (Å²) in [4.78, 5) is 11.8. The highest BCUT2D eigenvalue weighted by Crippen LogP contribution is 2.35. The van der Waals surface area contributed by atoms with Crippen molar-refractivity contribution in [2.75, 3.05) is 20.3 Å². The monoisotopic (exact) mass is 455 g/mol. The zero-order valence-electron chi connectivity index (χ0n) is 18.8. The molecule has 1 saturated heterocycles. The van der Waals surface area contributed by atoms with Crippen LogP contribution in [0.25, 0.3) is 28.1 Å². The summed E-state index contributed by atoms with van der Waals surface area (Å²) in [5.41, 5.74) is 10.5. The summed E-state index contributed by atoms with van der Waals surface area (Å²) in [6.07, 6.45) is 2.64. The van der Waals surface area contributed by atoms with Crippen LogP contribution >= 0.6 is 0 Å². The van der Waals surface area contributed by atoms with E-state index >= 15 is 0 Å². The summed E-state index contributed by atoms with van der Waals surface area (Å²) in [6, 6.07) is 23.0. The van der Waals surface area contributed by atoms with Gasteiger partial charge in [0.05, 0.1) is 37.9 Å². The number of carbonyl (C=O) groups excluding carboxylic acids is 1. The largest absolute Gasteiger partial charge is 0.493 e. The summed E-state index contributed by atoms with van der Waals surface area (Å²) in [6.45, 7) is 1.29. The second kappa shape index (κ2) is 9.41. The molecule has 34 heavy (non-hydrogen) atoms. The lowest BCUT2D eigenvalue weighted by Crippen LogP contribution is -2.16. The second-order valence-corrected chi connectivity index (χ2v) is 8.05. The zero-order valence-corrected chi connectivity index (χ0v) is 18.8. The van der Waals surface area contributed by atoms with Crippen LogP contribution in [0.4, 0.5) is 0 Å². The molecule has 1 unspecified atom stereocenters. The number of rotatable bonds is 7. The molecule has 0 aliphatic carbocycles. The van der Waals surface area contributed by atoms with E-state index in [1.165, 1.54) is 0 Å². The lowest BCUT2D eigenvalue weighted by atomic mass is 9.99. The number of hydrogen-bond acceptors (Lipinski definition) is 5. The first kappa shape index (κ1) is 21.7. The predicted octanol–water partition coefficient (Wildman–Crippen LogP) is 4.48. The maximum absolute atomic E-state index is 11.8. The zero-order chi connectivity index (χ0) is 23.5. The Morgan fingerprint density at radius 1 is 1.03 bits per heavy atom. The van der Waals surface area contributed by atoms with Gasteiger partial charge < -0.3 is 19.9 Å². The Labute approximate surface area is 197 Å². The number of nitrogens with zero attached hydrogens (tertiary/aromatic N) is 2. The van der Waals surface area contributed by atoms with E-state index in [0.717, 1.165) is 34.5 Å². The second-order valence-electron chi connectivity index (χ2n) is 8.05. The van der Waals surface area contributed by atoms with Crippen LogP contribution in [-0.2, 0) is 4.74 Å². The minimum atomic E-state index is -0.448. The molecule has 0 saturated carbocycles. The molecule has 5 rings (SSSR count). The molecule has 7 heteroatoms. The third-order valence-electron chi connectivity index (χ3n) is 5.90. The smallest absolute Gasteiger partial charge is 0.249 e. The number of ether oxygens (including phenoxy) is 3. The first-order valence-electron chi connectivity index (χ1n) is 11.1. The molecule has 1 aliphatic heterocycles. The van der Waals surface area contributed by atoms with Gasteiger partial charge in [-0.1, -0.05) is 30.3 Å². The topological polar surface area (TPSA) is 88.6 Å². The molecule has 0 radical (unpaired) electrons. The lowest BCUT2D eigenvalue weighted by molar-refractivity contribution is 0.100. The van der Waals surface area contributed by atoms with Crippen molar-refractivity contribution in [2.24, 2.45) is 5.73 Å². The van der Waals surface area contributed by atoms with Crippen molar-refractivity contribution < 1.29 is 19.0 Å². The van der Waals surface area contributed by atoms with E-state index in [4.69, 9.17) is 19.9 Å². The standard InChI is InChI=1S/C27H25N3O4/c1-32-25-11-8-19(16-26(25)34-21-13-15-33-17-21)24-12-14-29-30(24)20-9-6-18(7-10-20)22-4-2-3-5-23(22)27(28)31/h2-12,14,16,21H,13,15,17H2,1H3,(H2,28,31). The molecule has 172 valence electrons. The molecular weight excluding hydrogens is 430 g/mol. The van der Waals surface area contributed by atoms with Crippen molar-refractivity contribution >= 4 is 5.91 Å². The van der Waals surface area contributed by atoms with Crippen molar-refractivity contribution in [1.29, 1.82) is 0 Å². The molecule has 7 nitrogen and oxygen atoms in total. The molecule has 4 aromatic rings. The lowest BCUT2D eigenvalue weighted by Gasteiger charge is -2.16. The van der Waals surface area contributed by atoms with Gasteiger partial charge in [-0.2, -0.15) is 5.10 Å². The Morgan fingerprint density at radius 2 is 1.82 bits per heavy atom. The molecule has 1 aromatic heterocycles. The summed E-state index contributed by atoms with van der Waals surface area (Å²) in [7, 11) is 1.63. The number of carbonyl (C=O) groups is 1. The van der Waals surface area contributed by atoms with Gasteiger partial charge >= 0.3 is 0 Å². The third-order valence-corrected chi connectivity index (χ3v) is 5.90. The fraction of sp³-hybridized carbons (Fsp3) is 0.185.